The largest absolute Gasteiger partial charge is 0.398 e. The summed E-state index contributed by atoms with van der Waals surface area (Å²) in [6, 6.07) is 5.79. The first kappa shape index (κ1) is 13.6. The Labute approximate surface area is 104 Å². The molecule has 0 unspecified atom stereocenters. The van der Waals surface area contributed by atoms with E-state index in [2.05, 4.69) is 13.8 Å². The highest BCUT2D eigenvalue weighted by Crippen LogP contribution is 2.19. The maximum atomic E-state index is 12.3. The third-order valence-corrected chi connectivity index (χ3v) is 3.42. The van der Waals surface area contributed by atoms with E-state index < -0.39 is 0 Å². The van der Waals surface area contributed by atoms with Gasteiger partial charge in [0.25, 0.3) is 5.91 Å². The Balaban J connectivity index is 3.00. The predicted octanol–water partition coefficient (Wildman–Crippen LogP) is 2.84. The Kier molecular flexibility index (Phi) is 4.55. The molecular formula is C14H22N2O. The third-order valence-electron chi connectivity index (χ3n) is 3.42. The molecule has 1 aromatic rings. The molecule has 94 valence electrons. The van der Waals surface area contributed by atoms with Crippen molar-refractivity contribution >= 4 is 11.6 Å². The molecule has 1 amide bonds. The number of nitrogen functional groups attached to an aromatic ring is 1. The van der Waals surface area contributed by atoms with Crippen molar-refractivity contribution in [3.63, 3.8) is 0 Å². The lowest BCUT2D eigenvalue weighted by Gasteiger charge is -2.27. The molecule has 0 atom stereocenters. The second kappa shape index (κ2) is 5.71. The summed E-state index contributed by atoms with van der Waals surface area (Å²) in [6.07, 6.45) is 1.94. The molecule has 2 N–H and O–H groups in total. The average Bonchev–Trinajstić information content (AvgIpc) is 2.33. The molecular weight excluding hydrogens is 212 g/mol. The SMILES string of the molecule is CCC(CC)N(C)C(=O)c1cccc(N)c1C. The summed E-state index contributed by atoms with van der Waals surface area (Å²) in [5.41, 5.74) is 8.08. The van der Waals surface area contributed by atoms with Crippen LogP contribution in [-0.4, -0.2) is 23.9 Å². The van der Waals surface area contributed by atoms with E-state index in [1.54, 1.807) is 0 Å². The number of benzene rings is 1. The molecule has 3 heteroatoms. The van der Waals surface area contributed by atoms with Crippen molar-refractivity contribution in [1.29, 1.82) is 0 Å². The number of amides is 1. The second-order valence-corrected chi connectivity index (χ2v) is 4.41. The van der Waals surface area contributed by atoms with Crippen molar-refractivity contribution < 1.29 is 4.79 Å². The average molecular weight is 234 g/mol. The summed E-state index contributed by atoms with van der Waals surface area (Å²) in [6.45, 7) is 6.09. The molecule has 0 aliphatic heterocycles. The van der Waals surface area contributed by atoms with Crippen LogP contribution < -0.4 is 5.73 Å². The maximum Gasteiger partial charge on any atom is 0.254 e. The highest BCUT2D eigenvalue weighted by Gasteiger charge is 2.20. The Morgan fingerprint density at radius 1 is 1.35 bits per heavy atom. The van der Waals surface area contributed by atoms with Gasteiger partial charge in [0.15, 0.2) is 0 Å². The first-order valence-electron chi connectivity index (χ1n) is 6.15. The number of nitrogens with two attached hydrogens (primary N) is 1. The van der Waals surface area contributed by atoms with Gasteiger partial charge in [-0.3, -0.25) is 4.79 Å². The lowest BCUT2D eigenvalue weighted by molar-refractivity contribution is 0.0723. The van der Waals surface area contributed by atoms with Crippen LogP contribution in [0.25, 0.3) is 0 Å². The van der Waals surface area contributed by atoms with Crippen LogP contribution in [0.2, 0.25) is 0 Å². The van der Waals surface area contributed by atoms with Gasteiger partial charge in [-0.1, -0.05) is 19.9 Å². The number of anilines is 1. The number of nitrogens with zero attached hydrogens (tertiary/aromatic N) is 1. The van der Waals surface area contributed by atoms with E-state index in [0.717, 1.165) is 18.4 Å². The summed E-state index contributed by atoms with van der Waals surface area (Å²) >= 11 is 0. The standard InChI is InChI=1S/C14H22N2O/c1-5-11(6-2)16(4)14(17)12-8-7-9-13(15)10(12)3/h7-9,11H,5-6,15H2,1-4H3. The minimum atomic E-state index is 0.0588. The number of hydrogen-bond acceptors (Lipinski definition) is 2. The van der Waals surface area contributed by atoms with Crippen LogP contribution >= 0.6 is 0 Å². The van der Waals surface area contributed by atoms with Crippen molar-refractivity contribution in [3.05, 3.63) is 29.3 Å². The Morgan fingerprint density at radius 3 is 2.47 bits per heavy atom. The van der Waals surface area contributed by atoms with Gasteiger partial charge in [-0.25, -0.2) is 0 Å². The topological polar surface area (TPSA) is 46.3 Å². The molecule has 0 radical (unpaired) electrons. The maximum absolute atomic E-state index is 12.3. The van der Waals surface area contributed by atoms with E-state index in [4.69, 9.17) is 5.73 Å². The molecule has 0 aromatic heterocycles. The Bertz CT molecular complexity index is 397. The van der Waals surface area contributed by atoms with Gasteiger partial charge in [-0.2, -0.15) is 0 Å². The van der Waals surface area contributed by atoms with Gasteiger partial charge < -0.3 is 10.6 Å². The number of rotatable bonds is 4. The van der Waals surface area contributed by atoms with Crippen molar-refractivity contribution in [3.8, 4) is 0 Å². The van der Waals surface area contributed by atoms with E-state index in [1.165, 1.54) is 0 Å². The minimum absolute atomic E-state index is 0.0588. The molecule has 0 saturated heterocycles. The van der Waals surface area contributed by atoms with Gasteiger partial charge in [-0.05, 0) is 37.5 Å². The first-order valence-corrected chi connectivity index (χ1v) is 6.15. The van der Waals surface area contributed by atoms with E-state index in [9.17, 15) is 4.79 Å². The minimum Gasteiger partial charge on any atom is -0.398 e. The molecule has 0 heterocycles. The molecule has 3 nitrogen and oxygen atoms in total. The number of hydrogen-bond donors (Lipinski definition) is 1. The molecule has 0 saturated carbocycles. The summed E-state index contributed by atoms with van der Waals surface area (Å²) in [5, 5.41) is 0. The van der Waals surface area contributed by atoms with Gasteiger partial charge in [0, 0.05) is 24.3 Å². The quantitative estimate of drug-likeness (QED) is 0.814. The van der Waals surface area contributed by atoms with Crippen LogP contribution in [0.1, 0.15) is 42.6 Å². The van der Waals surface area contributed by atoms with Gasteiger partial charge >= 0.3 is 0 Å². The van der Waals surface area contributed by atoms with E-state index in [1.807, 2.05) is 37.1 Å². The fourth-order valence-corrected chi connectivity index (χ4v) is 2.08. The lowest BCUT2D eigenvalue weighted by atomic mass is 10.0. The fourth-order valence-electron chi connectivity index (χ4n) is 2.08. The summed E-state index contributed by atoms with van der Waals surface area (Å²) < 4.78 is 0. The number of carbonyl (C=O) groups excluding carboxylic acids is 1. The van der Waals surface area contributed by atoms with Gasteiger partial charge in [-0.15, -0.1) is 0 Å². The highest BCUT2D eigenvalue weighted by atomic mass is 16.2. The van der Waals surface area contributed by atoms with Crippen LogP contribution in [-0.2, 0) is 0 Å². The summed E-state index contributed by atoms with van der Waals surface area (Å²) in [4.78, 5) is 14.2. The molecule has 0 spiro atoms. The van der Waals surface area contributed by atoms with Gasteiger partial charge in [0.2, 0.25) is 0 Å². The summed E-state index contributed by atoms with van der Waals surface area (Å²) in [7, 11) is 1.86. The second-order valence-electron chi connectivity index (χ2n) is 4.41. The zero-order chi connectivity index (χ0) is 13.0. The molecule has 0 bridgehead atoms. The zero-order valence-electron chi connectivity index (χ0n) is 11.2. The monoisotopic (exact) mass is 234 g/mol. The van der Waals surface area contributed by atoms with Crippen LogP contribution in [0.4, 0.5) is 5.69 Å². The Hall–Kier alpha value is -1.51. The normalized spacial score (nSPS) is 10.6. The molecule has 17 heavy (non-hydrogen) atoms. The van der Waals surface area contributed by atoms with Crippen LogP contribution in [0.5, 0.6) is 0 Å². The van der Waals surface area contributed by atoms with Crippen molar-refractivity contribution in [2.45, 2.75) is 39.7 Å². The lowest BCUT2D eigenvalue weighted by Crippen LogP contribution is -2.36. The van der Waals surface area contributed by atoms with Gasteiger partial charge in [0.05, 0.1) is 0 Å². The third kappa shape index (κ3) is 2.78. The van der Waals surface area contributed by atoms with Crippen LogP contribution in [0.15, 0.2) is 18.2 Å². The van der Waals surface area contributed by atoms with E-state index in [0.29, 0.717) is 17.3 Å². The van der Waals surface area contributed by atoms with Crippen LogP contribution in [0.3, 0.4) is 0 Å². The fraction of sp³-hybridized carbons (Fsp3) is 0.500. The summed E-state index contributed by atoms with van der Waals surface area (Å²) in [5.74, 6) is 0.0588. The van der Waals surface area contributed by atoms with Gasteiger partial charge in [0.1, 0.15) is 0 Å². The van der Waals surface area contributed by atoms with E-state index in [-0.39, 0.29) is 5.91 Å². The Morgan fingerprint density at radius 2 is 1.94 bits per heavy atom. The van der Waals surface area contributed by atoms with Crippen molar-refractivity contribution in [1.82, 2.24) is 4.90 Å². The zero-order valence-corrected chi connectivity index (χ0v) is 11.2. The smallest absolute Gasteiger partial charge is 0.254 e. The molecule has 0 aliphatic carbocycles. The highest BCUT2D eigenvalue weighted by molar-refractivity contribution is 5.96. The van der Waals surface area contributed by atoms with Crippen molar-refractivity contribution in [2.75, 3.05) is 12.8 Å². The number of carbonyl (C=O) groups is 1. The molecule has 0 fully saturated rings. The predicted molar refractivity (Wildman–Crippen MR) is 72.1 cm³/mol. The molecule has 0 aliphatic rings. The molecule has 1 rings (SSSR count). The molecule has 1 aromatic carbocycles. The van der Waals surface area contributed by atoms with Crippen LogP contribution in [0, 0.1) is 6.92 Å². The van der Waals surface area contributed by atoms with E-state index >= 15 is 0 Å². The first-order chi connectivity index (χ1) is 8.02. The van der Waals surface area contributed by atoms with Crippen molar-refractivity contribution in [2.24, 2.45) is 0 Å².